The van der Waals surface area contributed by atoms with Crippen molar-refractivity contribution in [2.75, 3.05) is 27.3 Å². The second-order valence-electron chi connectivity index (χ2n) is 5.34. The zero-order valence-electron chi connectivity index (χ0n) is 13.9. The molecule has 1 rings (SSSR count). The largest absolute Gasteiger partial charge is 0.493 e. The van der Waals surface area contributed by atoms with Crippen molar-refractivity contribution in [1.82, 2.24) is 5.32 Å². The van der Waals surface area contributed by atoms with E-state index in [1.54, 1.807) is 14.2 Å². The summed E-state index contributed by atoms with van der Waals surface area (Å²) in [4.78, 5) is 4.27. The van der Waals surface area contributed by atoms with E-state index in [-0.39, 0.29) is 24.0 Å². The van der Waals surface area contributed by atoms with Crippen molar-refractivity contribution >= 4 is 29.9 Å². The number of nitrogens with zero attached hydrogens (tertiary/aromatic N) is 1. The van der Waals surface area contributed by atoms with Crippen molar-refractivity contribution in [3.8, 4) is 11.5 Å². The molecular formula is C16H28IN3O2. The molecule has 0 heterocycles. The summed E-state index contributed by atoms with van der Waals surface area (Å²) < 4.78 is 10.5. The van der Waals surface area contributed by atoms with E-state index in [2.05, 4.69) is 30.2 Å². The summed E-state index contributed by atoms with van der Waals surface area (Å²) in [6.07, 6.45) is 1.93. The highest BCUT2D eigenvalue weighted by molar-refractivity contribution is 14.0. The molecule has 1 aromatic carbocycles. The highest BCUT2D eigenvalue weighted by Gasteiger charge is 2.04. The Morgan fingerprint density at radius 2 is 1.91 bits per heavy atom. The van der Waals surface area contributed by atoms with Gasteiger partial charge in [-0.3, -0.25) is 4.99 Å². The molecule has 22 heavy (non-hydrogen) atoms. The van der Waals surface area contributed by atoms with Gasteiger partial charge in [0.15, 0.2) is 17.5 Å². The first-order valence-electron chi connectivity index (χ1n) is 7.31. The van der Waals surface area contributed by atoms with Crippen LogP contribution in [0.2, 0.25) is 0 Å². The van der Waals surface area contributed by atoms with E-state index in [9.17, 15) is 0 Å². The van der Waals surface area contributed by atoms with Crippen molar-refractivity contribution in [3.63, 3.8) is 0 Å². The summed E-state index contributed by atoms with van der Waals surface area (Å²) in [6, 6.07) is 5.99. The van der Waals surface area contributed by atoms with Crippen LogP contribution in [0.4, 0.5) is 0 Å². The van der Waals surface area contributed by atoms with Crippen molar-refractivity contribution in [2.24, 2.45) is 16.6 Å². The number of halogens is 1. The topological polar surface area (TPSA) is 68.9 Å². The predicted octanol–water partition coefficient (Wildman–Crippen LogP) is 2.81. The van der Waals surface area contributed by atoms with Crippen molar-refractivity contribution < 1.29 is 9.47 Å². The Balaban J connectivity index is 0.00000441. The van der Waals surface area contributed by atoms with Gasteiger partial charge in [0, 0.05) is 13.1 Å². The molecule has 0 aliphatic rings. The third-order valence-electron chi connectivity index (χ3n) is 3.02. The highest BCUT2D eigenvalue weighted by Crippen LogP contribution is 2.27. The Hall–Kier alpha value is -1.18. The molecule has 0 atom stereocenters. The van der Waals surface area contributed by atoms with Gasteiger partial charge in [-0.05, 0) is 36.5 Å². The smallest absolute Gasteiger partial charge is 0.188 e. The Morgan fingerprint density at radius 3 is 2.50 bits per heavy atom. The van der Waals surface area contributed by atoms with Gasteiger partial charge in [0.05, 0.1) is 14.2 Å². The van der Waals surface area contributed by atoms with E-state index in [0.717, 1.165) is 37.4 Å². The van der Waals surface area contributed by atoms with E-state index < -0.39 is 0 Å². The van der Waals surface area contributed by atoms with Gasteiger partial charge >= 0.3 is 0 Å². The van der Waals surface area contributed by atoms with Gasteiger partial charge in [-0.25, -0.2) is 0 Å². The normalized spacial score (nSPS) is 11.0. The number of ether oxygens (including phenoxy) is 2. The second kappa shape index (κ2) is 11.4. The van der Waals surface area contributed by atoms with Crippen molar-refractivity contribution in [3.05, 3.63) is 23.8 Å². The Morgan fingerprint density at radius 1 is 1.23 bits per heavy atom. The first-order chi connectivity index (χ1) is 10.1. The number of methoxy groups -OCH3 is 2. The van der Waals surface area contributed by atoms with Crippen LogP contribution in [-0.4, -0.2) is 33.3 Å². The lowest BCUT2D eigenvalue weighted by Crippen LogP contribution is -2.33. The fourth-order valence-corrected chi connectivity index (χ4v) is 1.88. The average Bonchev–Trinajstić information content (AvgIpc) is 2.49. The number of guanidine groups is 1. The Labute approximate surface area is 150 Å². The molecule has 3 N–H and O–H groups in total. The number of aliphatic imine (C=N–C) groups is 1. The second-order valence-corrected chi connectivity index (χ2v) is 5.34. The van der Waals surface area contributed by atoms with E-state index in [1.165, 1.54) is 5.56 Å². The monoisotopic (exact) mass is 421 g/mol. The van der Waals surface area contributed by atoms with Crippen LogP contribution in [0.3, 0.4) is 0 Å². The van der Waals surface area contributed by atoms with E-state index in [1.807, 2.05) is 12.1 Å². The number of hydrogen-bond acceptors (Lipinski definition) is 3. The molecule has 0 aliphatic heterocycles. The lowest BCUT2D eigenvalue weighted by molar-refractivity contribution is 0.354. The van der Waals surface area contributed by atoms with Crippen LogP contribution in [0, 0.1) is 5.92 Å². The lowest BCUT2D eigenvalue weighted by Gasteiger charge is -2.10. The van der Waals surface area contributed by atoms with Gasteiger partial charge in [0.1, 0.15) is 0 Å². The molecule has 0 amide bonds. The number of benzene rings is 1. The van der Waals surface area contributed by atoms with Crippen LogP contribution >= 0.6 is 24.0 Å². The van der Waals surface area contributed by atoms with Gasteiger partial charge in [-0.15, -0.1) is 24.0 Å². The van der Waals surface area contributed by atoms with Crippen LogP contribution in [0.1, 0.15) is 25.8 Å². The van der Waals surface area contributed by atoms with Gasteiger partial charge in [0.25, 0.3) is 0 Å². The zero-order chi connectivity index (χ0) is 15.7. The molecule has 0 fully saturated rings. The molecule has 0 aromatic heterocycles. The van der Waals surface area contributed by atoms with Crippen molar-refractivity contribution in [2.45, 2.75) is 26.7 Å². The SMILES string of the molecule is COc1ccc(CCCNC(N)=NCC(C)C)cc1OC.I. The molecule has 6 heteroatoms. The average molecular weight is 421 g/mol. The molecule has 0 spiro atoms. The molecular weight excluding hydrogens is 393 g/mol. The molecule has 1 aromatic rings. The number of nitrogens with one attached hydrogen (secondary N) is 1. The summed E-state index contributed by atoms with van der Waals surface area (Å²) in [6.45, 7) is 5.80. The molecule has 126 valence electrons. The maximum atomic E-state index is 5.79. The van der Waals surface area contributed by atoms with Gasteiger partial charge in [-0.1, -0.05) is 19.9 Å². The van der Waals surface area contributed by atoms with Gasteiger partial charge in [-0.2, -0.15) is 0 Å². The third-order valence-corrected chi connectivity index (χ3v) is 3.02. The Bertz CT molecular complexity index is 465. The minimum Gasteiger partial charge on any atom is -0.493 e. The number of aryl methyl sites for hydroxylation is 1. The van der Waals surface area contributed by atoms with E-state index >= 15 is 0 Å². The van der Waals surface area contributed by atoms with Crippen LogP contribution in [0.25, 0.3) is 0 Å². The maximum Gasteiger partial charge on any atom is 0.188 e. The first kappa shape index (κ1) is 20.8. The molecule has 0 saturated heterocycles. The maximum absolute atomic E-state index is 5.79. The minimum atomic E-state index is 0. The standard InChI is InChI=1S/C16H27N3O2.HI/c1-12(2)11-19-16(17)18-9-5-6-13-7-8-14(20-3)15(10-13)21-4;/h7-8,10,12H,5-6,9,11H2,1-4H3,(H3,17,18,19);1H. The fraction of sp³-hybridized carbons (Fsp3) is 0.562. The quantitative estimate of drug-likeness (QED) is 0.293. The zero-order valence-corrected chi connectivity index (χ0v) is 16.2. The first-order valence-corrected chi connectivity index (χ1v) is 7.31. The molecule has 0 unspecified atom stereocenters. The van der Waals surface area contributed by atoms with Crippen LogP contribution in [0.15, 0.2) is 23.2 Å². The number of hydrogen-bond donors (Lipinski definition) is 2. The summed E-state index contributed by atoms with van der Waals surface area (Å²) in [5, 5.41) is 3.13. The highest BCUT2D eigenvalue weighted by atomic mass is 127. The Kier molecular flexibility index (Phi) is 10.8. The minimum absolute atomic E-state index is 0. The predicted molar refractivity (Wildman–Crippen MR) is 103 cm³/mol. The molecule has 0 saturated carbocycles. The van der Waals surface area contributed by atoms with Crippen LogP contribution in [0.5, 0.6) is 11.5 Å². The van der Waals surface area contributed by atoms with Crippen LogP contribution < -0.4 is 20.5 Å². The van der Waals surface area contributed by atoms with Crippen LogP contribution in [-0.2, 0) is 6.42 Å². The lowest BCUT2D eigenvalue weighted by atomic mass is 10.1. The number of rotatable bonds is 8. The number of nitrogens with two attached hydrogens (primary N) is 1. The summed E-state index contributed by atoms with van der Waals surface area (Å²) in [7, 11) is 3.29. The molecule has 0 bridgehead atoms. The van der Waals surface area contributed by atoms with Gasteiger partial charge in [0.2, 0.25) is 0 Å². The molecule has 0 radical (unpaired) electrons. The molecule has 0 aliphatic carbocycles. The summed E-state index contributed by atoms with van der Waals surface area (Å²) >= 11 is 0. The fourth-order valence-electron chi connectivity index (χ4n) is 1.88. The summed E-state index contributed by atoms with van der Waals surface area (Å²) in [5.41, 5.74) is 7.00. The van der Waals surface area contributed by atoms with E-state index in [4.69, 9.17) is 15.2 Å². The van der Waals surface area contributed by atoms with Gasteiger partial charge < -0.3 is 20.5 Å². The summed E-state index contributed by atoms with van der Waals surface area (Å²) in [5.74, 6) is 2.57. The molecule has 5 nitrogen and oxygen atoms in total. The van der Waals surface area contributed by atoms with E-state index in [0.29, 0.717) is 11.9 Å². The van der Waals surface area contributed by atoms with Crippen molar-refractivity contribution in [1.29, 1.82) is 0 Å². The third kappa shape index (κ3) is 7.72.